The van der Waals surface area contributed by atoms with E-state index >= 15 is 0 Å². The first kappa shape index (κ1) is 38.0. The van der Waals surface area contributed by atoms with Crippen LogP contribution in [-0.2, 0) is 29.2 Å². The molecule has 0 aliphatic carbocycles. The Morgan fingerprint density at radius 2 is 1.00 bits per heavy atom. The van der Waals surface area contributed by atoms with Crippen molar-refractivity contribution in [3.8, 4) is 22.8 Å². The monoisotopic (exact) mass is 697 g/mol. The summed E-state index contributed by atoms with van der Waals surface area (Å²) in [5.41, 5.74) is 5.21. The topological polar surface area (TPSA) is 198 Å². The van der Waals surface area contributed by atoms with E-state index in [1.54, 1.807) is 12.1 Å². The number of nitrogens with zero attached hydrogens (tertiary/aromatic N) is 6. The molecule has 2 aliphatic heterocycles. The third-order valence-electron chi connectivity index (χ3n) is 7.92. The summed E-state index contributed by atoms with van der Waals surface area (Å²) in [6, 6.07) is 11.5. The number of nitrogens with one attached hydrogen (secondary N) is 1. The van der Waals surface area contributed by atoms with E-state index < -0.39 is 20.8 Å². The van der Waals surface area contributed by atoms with Crippen molar-refractivity contribution in [2.45, 2.75) is 0 Å². The van der Waals surface area contributed by atoms with Gasteiger partial charge in [-0.2, -0.15) is 0 Å². The molecule has 1 N–H and O–H groups in total. The summed E-state index contributed by atoms with van der Waals surface area (Å²) in [4.78, 5) is 30.1. The summed E-state index contributed by atoms with van der Waals surface area (Å²) in [7, 11) is 1.90. The summed E-state index contributed by atoms with van der Waals surface area (Å²) < 4.78 is 64.1. The van der Waals surface area contributed by atoms with Gasteiger partial charge in [-0.1, -0.05) is 0 Å². The number of aromatic nitrogens is 3. The quantitative estimate of drug-likeness (QED) is 0.212. The van der Waals surface area contributed by atoms with Gasteiger partial charge in [-0.3, -0.25) is 23.1 Å². The highest BCUT2D eigenvalue weighted by Gasteiger charge is 2.26. The normalized spacial score (nSPS) is 17.5. The predicted molar refractivity (Wildman–Crippen MR) is 175 cm³/mol. The number of quaternary nitrogens is 2. The molecule has 3 aromatic heterocycles. The van der Waals surface area contributed by atoms with Gasteiger partial charge in [0, 0.05) is 35.9 Å². The van der Waals surface area contributed by atoms with Gasteiger partial charge < -0.3 is 32.9 Å². The van der Waals surface area contributed by atoms with Crippen molar-refractivity contribution in [1.29, 1.82) is 0 Å². The van der Waals surface area contributed by atoms with Crippen molar-refractivity contribution >= 4 is 32.2 Å². The molecule has 2 aliphatic rings. The molecule has 5 rings (SSSR count). The standard InChI is InChI=1S/C27H36N7O.2CH4O4S/c1-33(2)13-9-31(10-14-33)21-5-7-28-24(17-21)26-19-23(35)20-27(30-26)25-18-22(6-8-29-25)32-11-15-34(3,4)16-12-32;2*1-5-6(2,3)4/h5-8,17-20H,9-16H2,1-4H3;2*1H3,(H,2,3,4)/q+1;;/p-1. The Kier molecular flexibility index (Phi) is 12.6. The fourth-order valence-corrected chi connectivity index (χ4v) is 4.88. The smallest absolute Gasteiger partial charge is 0.217 e. The van der Waals surface area contributed by atoms with Crippen LogP contribution >= 0.6 is 0 Å². The van der Waals surface area contributed by atoms with Crippen LogP contribution in [0.4, 0.5) is 11.4 Å². The second kappa shape index (κ2) is 15.6. The van der Waals surface area contributed by atoms with E-state index in [1.165, 1.54) is 0 Å². The SMILES string of the molecule is COS(=O)(=O)[O-].COS(=O)(=O)[O-].C[N+]1(C)CCN(c2ccnc(-c3cc(=O)cc(-c4cc(N5CC[N+](C)(C)CC5)ccn4)[nH]3)c2)CC1. The lowest BCUT2D eigenvalue weighted by Gasteiger charge is -2.40. The highest BCUT2D eigenvalue weighted by molar-refractivity contribution is 7.81. The number of hydrogen-bond acceptors (Lipinski definition) is 13. The predicted octanol–water partition coefficient (Wildman–Crippen LogP) is 0.478. The number of rotatable bonds is 6. The van der Waals surface area contributed by atoms with Gasteiger partial charge in [0.2, 0.25) is 20.8 Å². The van der Waals surface area contributed by atoms with E-state index in [0.29, 0.717) is 11.4 Å². The molecular formula is C29H43N7O9S2. The number of likely N-dealkylation sites (N-methyl/N-ethyl adjacent to an activating group) is 2. The second-order valence-corrected chi connectivity index (χ2v) is 14.6. The minimum Gasteiger partial charge on any atom is -0.726 e. The van der Waals surface area contributed by atoms with Gasteiger partial charge >= 0.3 is 0 Å². The van der Waals surface area contributed by atoms with Gasteiger partial charge in [0.25, 0.3) is 0 Å². The minimum atomic E-state index is -4.41. The number of piperazine rings is 2. The zero-order valence-corrected chi connectivity index (χ0v) is 29.1. The Bertz CT molecular complexity index is 1640. The first-order valence-electron chi connectivity index (χ1n) is 14.6. The maximum atomic E-state index is 12.7. The van der Waals surface area contributed by atoms with Crippen molar-refractivity contribution in [1.82, 2.24) is 15.0 Å². The number of aromatic amines is 1. The molecule has 3 aromatic rings. The third-order valence-corrected chi connectivity index (χ3v) is 8.74. The van der Waals surface area contributed by atoms with Crippen LogP contribution in [0.15, 0.2) is 53.6 Å². The summed E-state index contributed by atoms with van der Waals surface area (Å²) in [6.45, 7) is 8.48. The number of H-pyrrole nitrogens is 1. The minimum absolute atomic E-state index is 0.0535. The fourth-order valence-electron chi connectivity index (χ4n) is 4.88. The van der Waals surface area contributed by atoms with Crippen LogP contribution in [0.25, 0.3) is 22.8 Å². The van der Waals surface area contributed by atoms with Crippen LogP contribution in [0.3, 0.4) is 0 Å². The van der Waals surface area contributed by atoms with Crippen LogP contribution in [0, 0.1) is 0 Å². The molecule has 0 bridgehead atoms. The molecule has 47 heavy (non-hydrogen) atoms. The lowest BCUT2D eigenvalue weighted by molar-refractivity contribution is -0.890. The van der Waals surface area contributed by atoms with E-state index in [1.807, 2.05) is 12.4 Å². The molecule has 18 heteroatoms. The van der Waals surface area contributed by atoms with Crippen LogP contribution < -0.4 is 15.2 Å². The van der Waals surface area contributed by atoms with E-state index in [9.17, 15) is 30.7 Å². The van der Waals surface area contributed by atoms with E-state index in [2.05, 4.69) is 85.6 Å². The number of pyridine rings is 3. The van der Waals surface area contributed by atoms with Crippen molar-refractivity contribution < 1.29 is 43.3 Å². The molecule has 2 fully saturated rings. The molecule has 0 aromatic carbocycles. The first-order valence-corrected chi connectivity index (χ1v) is 17.3. The first-order chi connectivity index (χ1) is 21.8. The van der Waals surface area contributed by atoms with Gasteiger partial charge in [0.15, 0.2) is 5.43 Å². The van der Waals surface area contributed by atoms with Gasteiger partial charge in [-0.15, -0.1) is 0 Å². The molecule has 0 saturated carbocycles. The molecule has 5 heterocycles. The Balaban J connectivity index is 0.000000428. The largest absolute Gasteiger partial charge is 0.726 e. The van der Waals surface area contributed by atoms with Gasteiger partial charge in [0.1, 0.15) is 0 Å². The summed E-state index contributed by atoms with van der Waals surface area (Å²) >= 11 is 0. The van der Waals surface area contributed by atoms with Gasteiger partial charge in [0.05, 0.1) is 118 Å². The van der Waals surface area contributed by atoms with E-state index in [4.69, 9.17) is 0 Å². The van der Waals surface area contributed by atoms with Crippen molar-refractivity contribution in [3.05, 3.63) is 59.0 Å². The van der Waals surface area contributed by atoms with Crippen LogP contribution in [0.2, 0.25) is 0 Å². The lowest BCUT2D eigenvalue weighted by atomic mass is 10.1. The second-order valence-electron chi connectivity index (χ2n) is 12.3. The Labute approximate surface area is 276 Å². The maximum Gasteiger partial charge on any atom is 0.217 e. The highest BCUT2D eigenvalue weighted by atomic mass is 32.3. The Morgan fingerprint density at radius 3 is 1.30 bits per heavy atom. The van der Waals surface area contributed by atoms with Crippen LogP contribution in [-0.4, -0.2) is 145 Å². The molecule has 0 atom stereocenters. The molecule has 0 unspecified atom stereocenters. The summed E-state index contributed by atoms with van der Waals surface area (Å²) in [5, 5.41) is 0. The van der Waals surface area contributed by atoms with Gasteiger partial charge in [-0.25, -0.2) is 16.8 Å². The molecule has 2 saturated heterocycles. The van der Waals surface area contributed by atoms with Crippen LogP contribution in [0.5, 0.6) is 0 Å². The lowest BCUT2D eigenvalue weighted by Crippen LogP contribution is -2.54. The third kappa shape index (κ3) is 12.6. The number of hydrogen-bond donors (Lipinski definition) is 1. The molecule has 0 radical (unpaired) electrons. The van der Waals surface area contributed by atoms with E-state index in [-0.39, 0.29) is 5.43 Å². The van der Waals surface area contributed by atoms with Gasteiger partial charge in [-0.05, 0) is 24.3 Å². The molecule has 260 valence electrons. The van der Waals surface area contributed by atoms with E-state index in [0.717, 1.165) is 98.3 Å². The Morgan fingerprint density at radius 1 is 0.681 bits per heavy atom. The molecule has 16 nitrogen and oxygen atoms in total. The maximum absolute atomic E-state index is 12.7. The zero-order chi connectivity index (χ0) is 35.0. The summed E-state index contributed by atoms with van der Waals surface area (Å²) in [5.74, 6) is 0. The summed E-state index contributed by atoms with van der Waals surface area (Å²) in [6.07, 6.45) is 3.67. The zero-order valence-electron chi connectivity index (χ0n) is 27.4. The average Bonchev–Trinajstić information content (AvgIpc) is 3.01. The molecule has 0 amide bonds. The highest BCUT2D eigenvalue weighted by Crippen LogP contribution is 2.26. The molecule has 0 spiro atoms. The van der Waals surface area contributed by atoms with Crippen LogP contribution in [0.1, 0.15) is 0 Å². The average molecular weight is 698 g/mol. The van der Waals surface area contributed by atoms with Crippen molar-refractivity contribution in [3.63, 3.8) is 0 Å². The number of anilines is 2. The molecular weight excluding hydrogens is 654 g/mol. The van der Waals surface area contributed by atoms with Crippen molar-refractivity contribution in [2.24, 2.45) is 0 Å². The van der Waals surface area contributed by atoms with Crippen molar-refractivity contribution in [2.75, 3.05) is 105 Å². The fraction of sp³-hybridized carbons (Fsp3) is 0.483. The Hall–Kier alpha value is -3.49.